The Morgan fingerprint density at radius 3 is 2.07 bits per heavy atom. The molecule has 0 aliphatic rings. The molecule has 1 amide bonds. The maximum Gasteiger partial charge on any atom is 0.254 e. The highest BCUT2D eigenvalue weighted by molar-refractivity contribution is 7.99. The first-order valence-electron chi connectivity index (χ1n) is 9.15. The highest BCUT2D eigenvalue weighted by atomic mass is 32.2. The molecule has 0 radical (unpaired) electrons. The van der Waals surface area contributed by atoms with Crippen LogP contribution in [0.3, 0.4) is 0 Å². The van der Waals surface area contributed by atoms with Crippen molar-refractivity contribution in [1.82, 2.24) is 10.3 Å². The lowest BCUT2D eigenvalue weighted by Gasteiger charge is -2.19. The average Bonchev–Trinajstić information content (AvgIpc) is 2.72. The van der Waals surface area contributed by atoms with Crippen LogP contribution in [0, 0.1) is 5.92 Å². The summed E-state index contributed by atoms with van der Waals surface area (Å²) in [6, 6.07) is 24.3. The molecule has 27 heavy (non-hydrogen) atoms. The molecule has 1 heterocycles. The Balaban J connectivity index is 1.92. The van der Waals surface area contributed by atoms with Crippen LogP contribution in [0.2, 0.25) is 0 Å². The summed E-state index contributed by atoms with van der Waals surface area (Å²) in [6.07, 6.45) is 1.74. The Bertz CT molecular complexity index is 826. The molecule has 138 valence electrons. The lowest BCUT2D eigenvalue weighted by atomic mass is 10.0. The van der Waals surface area contributed by atoms with Gasteiger partial charge < -0.3 is 5.32 Å². The normalized spacial score (nSPS) is 11.0. The van der Waals surface area contributed by atoms with E-state index in [4.69, 9.17) is 0 Å². The van der Waals surface area contributed by atoms with Crippen molar-refractivity contribution < 1.29 is 4.79 Å². The van der Waals surface area contributed by atoms with Gasteiger partial charge in [-0.25, -0.2) is 4.98 Å². The zero-order valence-corrected chi connectivity index (χ0v) is 16.4. The largest absolute Gasteiger partial charge is 0.352 e. The van der Waals surface area contributed by atoms with Crippen molar-refractivity contribution in [3.63, 3.8) is 0 Å². The minimum absolute atomic E-state index is 0.0685. The molecule has 0 saturated carbocycles. The van der Waals surface area contributed by atoms with Crippen LogP contribution < -0.4 is 5.32 Å². The van der Waals surface area contributed by atoms with E-state index in [1.807, 2.05) is 48.5 Å². The zero-order valence-electron chi connectivity index (χ0n) is 15.6. The molecule has 0 aliphatic carbocycles. The number of benzene rings is 2. The number of amides is 1. The molecule has 3 aromatic rings. The molecular weight excluding hydrogens is 352 g/mol. The Morgan fingerprint density at radius 1 is 0.926 bits per heavy atom. The molecule has 0 unspecified atom stereocenters. The molecule has 3 nitrogen and oxygen atoms in total. The summed E-state index contributed by atoms with van der Waals surface area (Å²) in [5.41, 5.74) is 3.00. The number of aromatic nitrogens is 1. The van der Waals surface area contributed by atoms with Crippen molar-refractivity contribution in [3.8, 4) is 0 Å². The van der Waals surface area contributed by atoms with E-state index in [1.165, 1.54) is 11.1 Å². The van der Waals surface area contributed by atoms with Gasteiger partial charge in [0.15, 0.2) is 0 Å². The van der Waals surface area contributed by atoms with E-state index in [0.29, 0.717) is 18.0 Å². The standard InChI is InChI=1S/C23H24N2OS/c1-17(2)16-25-22(26)20-14-9-15-24-23(20)27-21(18-10-5-3-6-11-18)19-12-7-4-8-13-19/h3-15,17,21H,16H2,1-2H3,(H,25,26). The van der Waals surface area contributed by atoms with Gasteiger partial charge in [0.1, 0.15) is 5.03 Å². The molecule has 1 aromatic heterocycles. The molecule has 0 bridgehead atoms. The molecule has 4 heteroatoms. The molecule has 0 aliphatic heterocycles. The fourth-order valence-electron chi connectivity index (χ4n) is 2.75. The van der Waals surface area contributed by atoms with Gasteiger partial charge >= 0.3 is 0 Å². The van der Waals surface area contributed by atoms with Crippen molar-refractivity contribution in [1.29, 1.82) is 0 Å². The maximum absolute atomic E-state index is 12.7. The van der Waals surface area contributed by atoms with Crippen molar-refractivity contribution >= 4 is 17.7 Å². The second-order valence-corrected chi connectivity index (χ2v) is 7.87. The minimum Gasteiger partial charge on any atom is -0.352 e. The van der Waals surface area contributed by atoms with Gasteiger partial charge in [0.25, 0.3) is 5.91 Å². The third-order valence-electron chi connectivity index (χ3n) is 4.12. The van der Waals surface area contributed by atoms with Gasteiger partial charge in [-0.1, -0.05) is 86.3 Å². The first-order chi connectivity index (χ1) is 13.1. The zero-order chi connectivity index (χ0) is 19.1. The van der Waals surface area contributed by atoms with E-state index in [0.717, 1.165) is 5.03 Å². The SMILES string of the molecule is CC(C)CNC(=O)c1cccnc1SC(c1ccccc1)c1ccccc1. The first kappa shape index (κ1) is 19.2. The van der Waals surface area contributed by atoms with Gasteiger partial charge in [0, 0.05) is 12.7 Å². The van der Waals surface area contributed by atoms with Crippen molar-refractivity contribution in [2.75, 3.05) is 6.54 Å². The summed E-state index contributed by atoms with van der Waals surface area (Å²) in [6.45, 7) is 4.82. The fraction of sp³-hybridized carbons (Fsp3) is 0.217. The number of thioether (sulfide) groups is 1. The molecule has 1 N–H and O–H groups in total. The third-order valence-corrected chi connectivity index (χ3v) is 5.45. The lowest BCUT2D eigenvalue weighted by molar-refractivity contribution is 0.0945. The molecule has 0 spiro atoms. The lowest BCUT2D eigenvalue weighted by Crippen LogP contribution is -2.28. The Morgan fingerprint density at radius 2 is 1.52 bits per heavy atom. The smallest absolute Gasteiger partial charge is 0.254 e. The predicted octanol–water partition coefficient (Wildman–Crippen LogP) is 5.35. The summed E-state index contributed by atoms with van der Waals surface area (Å²) < 4.78 is 0. The van der Waals surface area contributed by atoms with Crippen molar-refractivity contribution in [2.24, 2.45) is 5.92 Å². The van der Waals surface area contributed by atoms with E-state index in [-0.39, 0.29) is 11.2 Å². The van der Waals surface area contributed by atoms with Crippen LogP contribution in [-0.4, -0.2) is 17.4 Å². The van der Waals surface area contributed by atoms with E-state index >= 15 is 0 Å². The summed E-state index contributed by atoms with van der Waals surface area (Å²) in [5, 5.41) is 3.81. The molecular formula is C23H24N2OS. The number of rotatable bonds is 7. The van der Waals surface area contributed by atoms with Crippen LogP contribution in [-0.2, 0) is 0 Å². The van der Waals surface area contributed by atoms with Crippen LogP contribution in [0.25, 0.3) is 0 Å². The van der Waals surface area contributed by atoms with Crippen LogP contribution in [0.15, 0.2) is 84.0 Å². The number of carbonyl (C=O) groups is 1. The van der Waals surface area contributed by atoms with E-state index < -0.39 is 0 Å². The molecule has 3 rings (SSSR count). The van der Waals surface area contributed by atoms with Gasteiger partial charge in [-0.2, -0.15) is 0 Å². The predicted molar refractivity (Wildman–Crippen MR) is 112 cm³/mol. The van der Waals surface area contributed by atoms with E-state index in [1.54, 1.807) is 18.0 Å². The Kier molecular flexibility index (Phi) is 6.66. The summed E-state index contributed by atoms with van der Waals surface area (Å²) in [7, 11) is 0. The van der Waals surface area contributed by atoms with Gasteiger partial charge in [-0.05, 0) is 29.2 Å². The number of nitrogens with one attached hydrogen (secondary N) is 1. The Hall–Kier alpha value is -2.59. The summed E-state index contributed by atoms with van der Waals surface area (Å²) in [5.74, 6) is 0.335. The monoisotopic (exact) mass is 376 g/mol. The van der Waals surface area contributed by atoms with Gasteiger partial charge in [0.2, 0.25) is 0 Å². The molecule has 0 atom stereocenters. The van der Waals surface area contributed by atoms with Crippen LogP contribution >= 0.6 is 11.8 Å². The maximum atomic E-state index is 12.7. The van der Waals surface area contributed by atoms with E-state index in [2.05, 4.69) is 48.4 Å². The van der Waals surface area contributed by atoms with Crippen molar-refractivity contribution in [3.05, 3.63) is 95.7 Å². The molecule has 2 aromatic carbocycles. The van der Waals surface area contributed by atoms with Gasteiger partial charge in [-0.15, -0.1) is 0 Å². The highest BCUT2D eigenvalue weighted by Gasteiger charge is 2.20. The Labute approximate surface area is 165 Å². The summed E-state index contributed by atoms with van der Waals surface area (Å²) >= 11 is 1.61. The van der Waals surface area contributed by atoms with E-state index in [9.17, 15) is 4.79 Å². The average molecular weight is 377 g/mol. The third kappa shape index (κ3) is 5.20. The molecule has 0 saturated heterocycles. The summed E-state index contributed by atoms with van der Waals surface area (Å²) in [4.78, 5) is 17.2. The van der Waals surface area contributed by atoms with Crippen LogP contribution in [0.4, 0.5) is 0 Å². The van der Waals surface area contributed by atoms with Gasteiger partial charge in [-0.3, -0.25) is 4.79 Å². The second kappa shape index (κ2) is 9.38. The molecule has 0 fully saturated rings. The second-order valence-electron chi connectivity index (χ2n) is 6.78. The topological polar surface area (TPSA) is 42.0 Å². The van der Waals surface area contributed by atoms with Crippen molar-refractivity contribution in [2.45, 2.75) is 24.1 Å². The number of hydrogen-bond acceptors (Lipinski definition) is 3. The quantitative estimate of drug-likeness (QED) is 0.565. The van der Waals surface area contributed by atoms with Gasteiger partial charge in [0.05, 0.1) is 10.8 Å². The first-order valence-corrected chi connectivity index (χ1v) is 10.0. The number of carbonyl (C=O) groups excluding carboxylic acids is 1. The highest BCUT2D eigenvalue weighted by Crippen LogP contribution is 2.40. The minimum atomic E-state index is -0.0702. The number of hydrogen-bond donors (Lipinski definition) is 1. The number of pyridine rings is 1. The fourth-order valence-corrected chi connectivity index (χ4v) is 3.96. The number of nitrogens with zero attached hydrogens (tertiary/aromatic N) is 1. The van der Waals surface area contributed by atoms with Crippen LogP contribution in [0.1, 0.15) is 40.6 Å². The van der Waals surface area contributed by atoms with Crippen LogP contribution in [0.5, 0.6) is 0 Å².